The number of rotatable bonds is 12. The number of ether oxygens (including phenoxy) is 1. The second-order valence-electron chi connectivity index (χ2n) is 8.67. The van der Waals surface area contributed by atoms with Crippen LogP contribution in [0.2, 0.25) is 0 Å². The van der Waals surface area contributed by atoms with E-state index in [0.29, 0.717) is 25.9 Å². The van der Waals surface area contributed by atoms with Crippen LogP contribution in [0.1, 0.15) is 57.9 Å². The largest absolute Gasteiger partial charge is 0.357 e. The van der Waals surface area contributed by atoms with Crippen LogP contribution in [0.3, 0.4) is 0 Å². The van der Waals surface area contributed by atoms with E-state index in [1.165, 1.54) is 0 Å². The average Bonchev–Trinajstić information content (AvgIpc) is 2.80. The number of aryl methyl sites for hydroxylation is 1. The number of carbonyl (C=O) groups is 3. The van der Waals surface area contributed by atoms with E-state index in [1.807, 2.05) is 44.2 Å². The molecule has 3 N–H and O–H groups in total. The Balaban J connectivity index is 1.93. The highest BCUT2D eigenvalue weighted by molar-refractivity contribution is 5.90. The Kier molecular flexibility index (Phi) is 11.2. The van der Waals surface area contributed by atoms with E-state index in [1.54, 1.807) is 7.05 Å². The molecule has 0 spiro atoms. The molecule has 3 amide bonds. The van der Waals surface area contributed by atoms with Gasteiger partial charge in [-0.05, 0) is 43.6 Å². The lowest BCUT2D eigenvalue weighted by Gasteiger charge is -2.24. The Morgan fingerprint density at radius 2 is 1.88 bits per heavy atom. The molecule has 1 aromatic rings. The number of benzene rings is 1. The third kappa shape index (κ3) is 9.36. The maximum absolute atomic E-state index is 13.0. The van der Waals surface area contributed by atoms with Crippen LogP contribution in [-0.4, -0.2) is 43.7 Å². The summed E-state index contributed by atoms with van der Waals surface area (Å²) in [4.78, 5) is 43.2. The van der Waals surface area contributed by atoms with Crippen LogP contribution in [0, 0.1) is 11.8 Å². The van der Waals surface area contributed by atoms with Crippen molar-refractivity contribution < 1.29 is 24.0 Å². The van der Waals surface area contributed by atoms with Gasteiger partial charge in [-0.15, -0.1) is 0 Å². The molecule has 0 radical (unpaired) electrons. The van der Waals surface area contributed by atoms with Crippen molar-refractivity contribution in [1.29, 1.82) is 0 Å². The smallest absolute Gasteiger partial charge is 0.244 e. The molecular formula is C24H37N3O5. The molecule has 1 aromatic carbocycles. The van der Waals surface area contributed by atoms with E-state index in [0.717, 1.165) is 24.8 Å². The van der Waals surface area contributed by atoms with Crippen LogP contribution < -0.4 is 16.1 Å². The Labute approximate surface area is 190 Å². The fraction of sp³-hybridized carbons (Fsp3) is 0.625. The minimum absolute atomic E-state index is 0.0180. The summed E-state index contributed by atoms with van der Waals surface area (Å²) >= 11 is 0. The van der Waals surface area contributed by atoms with Gasteiger partial charge in [0, 0.05) is 32.4 Å². The maximum atomic E-state index is 13.0. The van der Waals surface area contributed by atoms with Crippen molar-refractivity contribution in [3.8, 4) is 0 Å². The van der Waals surface area contributed by atoms with Crippen molar-refractivity contribution in [2.45, 2.75) is 71.1 Å². The van der Waals surface area contributed by atoms with Gasteiger partial charge < -0.3 is 15.4 Å². The molecule has 2 rings (SSSR count). The normalized spacial score (nSPS) is 17.9. The van der Waals surface area contributed by atoms with Crippen LogP contribution in [0.4, 0.5) is 0 Å². The zero-order chi connectivity index (χ0) is 23.3. The van der Waals surface area contributed by atoms with Gasteiger partial charge in [-0.1, -0.05) is 44.2 Å². The quantitative estimate of drug-likeness (QED) is 0.427. The van der Waals surface area contributed by atoms with Gasteiger partial charge in [0.1, 0.15) is 6.04 Å². The fourth-order valence-electron chi connectivity index (χ4n) is 3.74. The van der Waals surface area contributed by atoms with Crippen LogP contribution >= 0.6 is 0 Å². The molecule has 1 aliphatic heterocycles. The monoisotopic (exact) mass is 447 g/mol. The molecule has 0 aromatic heterocycles. The average molecular weight is 448 g/mol. The summed E-state index contributed by atoms with van der Waals surface area (Å²) in [6, 6.07) is 9.14. The van der Waals surface area contributed by atoms with E-state index in [-0.39, 0.29) is 30.1 Å². The van der Waals surface area contributed by atoms with Gasteiger partial charge in [-0.3, -0.25) is 14.4 Å². The molecule has 1 heterocycles. The molecule has 1 unspecified atom stereocenters. The molecule has 1 aliphatic rings. The standard InChI is InChI=1S/C24H37N3O5/c1-17(2)15-19(16-21(28)27-32-22-11-7-8-14-31-22)23(29)26-20(24(30)25-3)13-12-18-9-5-4-6-10-18/h4-6,9-10,17,19-20,22H,7-8,11-16H2,1-3H3,(H,25,30)(H,26,29)(H,27,28)/t19-,20?,22+/m1/s1. The highest BCUT2D eigenvalue weighted by Gasteiger charge is 2.28. The minimum atomic E-state index is -0.669. The molecule has 32 heavy (non-hydrogen) atoms. The molecule has 1 saturated heterocycles. The summed E-state index contributed by atoms with van der Waals surface area (Å²) in [5.74, 6) is -1.27. The number of hydrogen-bond acceptors (Lipinski definition) is 5. The van der Waals surface area contributed by atoms with Crippen LogP contribution in [0.25, 0.3) is 0 Å². The molecule has 0 bridgehead atoms. The molecule has 3 atom stereocenters. The number of hydrogen-bond donors (Lipinski definition) is 3. The third-order valence-electron chi connectivity index (χ3n) is 5.44. The second-order valence-corrected chi connectivity index (χ2v) is 8.67. The van der Waals surface area contributed by atoms with Crippen LogP contribution in [0.5, 0.6) is 0 Å². The molecule has 1 fully saturated rings. The van der Waals surface area contributed by atoms with Gasteiger partial charge in [0.2, 0.25) is 17.7 Å². The predicted octanol–water partition coefficient (Wildman–Crippen LogP) is 2.48. The lowest BCUT2D eigenvalue weighted by molar-refractivity contribution is -0.200. The summed E-state index contributed by atoms with van der Waals surface area (Å²) in [5.41, 5.74) is 3.52. The van der Waals surface area contributed by atoms with Gasteiger partial charge in [-0.2, -0.15) is 0 Å². The molecule has 8 heteroatoms. The Hall–Kier alpha value is -2.45. The van der Waals surface area contributed by atoms with E-state index in [9.17, 15) is 14.4 Å². The first kappa shape index (κ1) is 25.8. The first-order valence-electron chi connectivity index (χ1n) is 11.5. The summed E-state index contributed by atoms with van der Waals surface area (Å²) in [6.07, 6.45) is 3.90. The molecular weight excluding hydrogens is 410 g/mol. The zero-order valence-corrected chi connectivity index (χ0v) is 19.4. The summed E-state index contributed by atoms with van der Waals surface area (Å²) in [6.45, 7) is 4.61. The molecule has 8 nitrogen and oxygen atoms in total. The van der Waals surface area contributed by atoms with E-state index < -0.39 is 18.2 Å². The zero-order valence-electron chi connectivity index (χ0n) is 19.4. The first-order chi connectivity index (χ1) is 15.4. The fourth-order valence-corrected chi connectivity index (χ4v) is 3.74. The van der Waals surface area contributed by atoms with Gasteiger partial charge >= 0.3 is 0 Å². The highest BCUT2D eigenvalue weighted by atomic mass is 16.8. The Bertz CT molecular complexity index is 720. The van der Waals surface area contributed by atoms with Gasteiger partial charge in [0.05, 0.1) is 0 Å². The number of nitrogens with one attached hydrogen (secondary N) is 3. The topological polar surface area (TPSA) is 106 Å². The Morgan fingerprint density at radius 3 is 2.50 bits per heavy atom. The third-order valence-corrected chi connectivity index (χ3v) is 5.44. The van der Waals surface area contributed by atoms with E-state index in [2.05, 4.69) is 16.1 Å². The lowest BCUT2D eigenvalue weighted by atomic mass is 9.92. The molecule has 0 aliphatic carbocycles. The van der Waals surface area contributed by atoms with Crippen molar-refractivity contribution >= 4 is 17.7 Å². The summed E-state index contributed by atoms with van der Waals surface area (Å²) < 4.78 is 5.44. The van der Waals surface area contributed by atoms with E-state index >= 15 is 0 Å². The first-order valence-corrected chi connectivity index (χ1v) is 11.5. The predicted molar refractivity (Wildman–Crippen MR) is 121 cm³/mol. The van der Waals surface area contributed by atoms with Gasteiger partial charge in [0.15, 0.2) is 6.29 Å². The van der Waals surface area contributed by atoms with Crippen LogP contribution in [0.15, 0.2) is 30.3 Å². The van der Waals surface area contributed by atoms with Crippen molar-refractivity contribution in [3.05, 3.63) is 35.9 Å². The van der Waals surface area contributed by atoms with Gasteiger partial charge in [0.25, 0.3) is 0 Å². The SMILES string of the molecule is CNC(=O)C(CCc1ccccc1)NC(=O)[C@@H](CC(=O)NO[C@H]1CCCCO1)CC(C)C. The lowest BCUT2D eigenvalue weighted by Crippen LogP contribution is -2.48. The summed E-state index contributed by atoms with van der Waals surface area (Å²) in [7, 11) is 1.55. The molecule has 178 valence electrons. The van der Waals surface area contributed by atoms with E-state index in [4.69, 9.17) is 9.57 Å². The minimum Gasteiger partial charge on any atom is -0.357 e. The van der Waals surface area contributed by atoms with Gasteiger partial charge in [-0.25, -0.2) is 10.3 Å². The number of likely N-dealkylation sites (N-methyl/N-ethyl adjacent to an activating group) is 1. The van der Waals surface area contributed by atoms with Crippen molar-refractivity contribution in [2.24, 2.45) is 11.8 Å². The van der Waals surface area contributed by atoms with Crippen molar-refractivity contribution in [1.82, 2.24) is 16.1 Å². The highest BCUT2D eigenvalue weighted by Crippen LogP contribution is 2.18. The van der Waals surface area contributed by atoms with Crippen molar-refractivity contribution in [3.63, 3.8) is 0 Å². The number of hydroxylamine groups is 1. The summed E-state index contributed by atoms with van der Waals surface area (Å²) in [5, 5.41) is 5.47. The second kappa shape index (κ2) is 13.9. The number of carbonyl (C=O) groups excluding carboxylic acids is 3. The molecule has 0 saturated carbocycles. The van der Waals surface area contributed by atoms with Crippen LogP contribution in [-0.2, 0) is 30.4 Å². The number of amides is 3. The Morgan fingerprint density at radius 1 is 1.12 bits per heavy atom. The van der Waals surface area contributed by atoms with Crippen molar-refractivity contribution in [2.75, 3.05) is 13.7 Å². The maximum Gasteiger partial charge on any atom is 0.244 e.